The first kappa shape index (κ1) is 7.00. The minimum absolute atomic E-state index is 0.581. The van der Waals surface area contributed by atoms with Crippen LogP contribution in [0.2, 0.25) is 0 Å². The molecule has 1 saturated carbocycles. The second-order valence-electron chi connectivity index (χ2n) is 2.76. The Hall–Kier alpha value is -0.670. The first-order valence-electron chi connectivity index (χ1n) is 3.64. The van der Waals surface area contributed by atoms with Crippen LogP contribution in [-0.4, -0.2) is 11.0 Å². The van der Waals surface area contributed by atoms with Crippen molar-refractivity contribution in [3.63, 3.8) is 0 Å². The normalized spacial score (nSPS) is 22.2. The average molecular weight is 166 g/mol. The molecule has 3 heteroatoms. The van der Waals surface area contributed by atoms with Crippen LogP contribution in [-0.2, 0) is 6.54 Å². The fourth-order valence-electron chi connectivity index (χ4n) is 0.973. The van der Waals surface area contributed by atoms with Crippen LogP contribution in [0.15, 0.2) is 23.9 Å². The molecule has 0 spiro atoms. The van der Waals surface area contributed by atoms with Crippen molar-refractivity contribution >= 4 is 11.3 Å². The van der Waals surface area contributed by atoms with E-state index in [1.165, 1.54) is 10.5 Å². The average Bonchev–Trinajstić information content (AvgIpc) is 2.55. The van der Waals surface area contributed by atoms with Gasteiger partial charge in [0.2, 0.25) is 0 Å². The van der Waals surface area contributed by atoms with Gasteiger partial charge in [0.1, 0.15) is 0 Å². The van der Waals surface area contributed by atoms with E-state index in [2.05, 4.69) is 16.9 Å². The zero-order chi connectivity index (χ0) is 7.68. The first-order valence-corrected chi connectivity index (χ1v) is 4.52. The van der Waals surface area contributed by atoms with E-state index in [4.69, 9.17) is 0 Å². The van der Waals surface area contributed by atoms with Crippen molar-refractivity contribution in [3.05, 3.63) is 28.7 Å². The van der Waals surface area contributed by atoms with Crippen LogP contribution >= 0.6 is 11.3 Å². The molecule has 1 heterocycles. The smallest absolute Gasteiger partial charge is 0.0794 e. The van der Waals surface area contributed by atoms with Crippen molar-refractivity contribution in [1.29, 1.82) is 0 Å². The maximum absolute atomic E-state index is 4.00. The van der Waals surface area contributed by atoms with Crippen molar-refractivity contribution in [2.75, 3.05) is 0 Å². The zero-order valence-corrected chi connectivity index (χ0v) is 7.03. The fourth-order valence-corrected chi connectivity index (χ4v) is 1.52. The highest BCUT2D eigenvalue weighted by atomic mass is 32.1. The van der Waals surface area contributed by atoms with E-state index in [9.17, 15) is 0 Å². The maximum Gasteiger partial charge on any atom is 0.0794 e. The molecule has 2 nitrogen and oxygen atoms in total. The van der Waals surface area contributed by atoms with Crippen LogP contribution in [0, 0.1) is 0 Å². The third kappa shape index (κ3) is 1.67. The van der Waals surface area contributed by atoms with E-state index < -0.39 is 0 Å². The Kier molecular flexibility index (Phi) is 1.75. The Balaban J connectivity index is 1.79. The van der Waals surface area contributed by atoms with E-state index in [0.29, 0.717) is 6.04 Å². The lowest BCUT2D eigenvalue weighted by Gasteiger charge is -1.96. The first-order chi connectivity index (χ1) is 5.36. The van der Waals surface area contributed by atoms with Gasteiger partial charge < -0.3 is 5.32 Å². The molecular weight excluding hydrogens is 156 g/mol. The van der Waals surface area contributed by atoms with E-state index in [1.54, 1.807) is 11.3 Å². The van der Waals surface area contributed by atoms with Crippen LogP contribution in [0.5, 0.6) is 0 Å². The molecule has 1 fully saturated rings. The van der Waals surface area contributed by atoms with Gasteiger partial charge >= 0.3 is 0 Å². The highest BCUT2D eigenvalue weighted by Crippen LogP contribution is 2.26. The van der Waals surface area contributed by atoms with Crippen molar-refractivity contribution in [2.45, 2.75) is 19.0 Å². The van der Waals surface area contributed by atoms with E-state index in [0.717, 1.165) is 13.0 Å². The standard InChI is InChI=1S/C8H10N2S/c1-6-2-8(6)10-4-7-3-9-5-11-7/h3,5,8,10H,1-2,4H2. The molecular formula is C8H10N2S. The molecule has 58 valence electrons. The van der Waals surface area contributed by atoms with E-state index in [-0.39, 0.29) is 0 Å². The van der Waals surface area contributed by atoms with Crippen molar-refractivity contribution in [3.8, 4) is 0 Å². The predicted molar refractivity (Wildman–Crippen MR) is 46.5 cm³/mol. The minimum Gasteiger partial charge on any atom is -0.305 e. The highest BCUT2D eigenvalue weighted by molar-refractivity contribution is 7.09. The second kappa shape index (κ2) is 2.75. The molecule has 1 aliphatic carbocycles. The third-order valence-corrected chi connectivity index (χ3v) is 2.58. The number of hydrogen-bond acceptors (Lipinski definition) is 3. The molecule has 1 aromatic heterocycles. The summed E-state index contributed by atoms with van der Waals surface area (Å²) in [4.78, 5) is 5.29. The molecule has 0 radical (unpaired) electrons. The van der Waals surface area contributed by atoms with Gasteiger partial charge in [-0.25, -0.2) is 0 Å². The van der Waals surface area contributed by atoms with Crippen LogP contribution in [0.3, 0.4) is 0 Å². The number of aromatic nitrogens is 1. The Morgan fingerprint density at radius 3 is 3.18 bits per heavy atom. The van der Waals surface area contributed by atoms with Crippen molar-refractivity contribution < 1.29 is 0 Å². The summed E-state index contributed by atoms with van der Waals surface area (Å²) in [5, 5.41) is 3.38. The lowest BCUT2D eigenvalue weighted by atomic mass is 10.5. The summed E-state index contributed by atoms with van der Waals surface area (Å²) in [6.07, 6.45) is 3.06. The van der Waals surface area contributed by atoms with Crippen molar-refractivity contribution in [2.24, 2.45) is 0 Å². The van der Waals surface area contributed by atoms with Gasteiger partial charge in [-0.2, -0.15) is 0 Å². The Bertz CT molecular complexity index is 253. The van der Waals surface area contributed by atoms with Gasteiger partial charge in [-0.05, 0) is 6.42 Å². The molecule has 11 heavy (non-hydrogen) atoms. The summed E-state index contributed by atoms with van der Waals surface area (Å²) in [6.45, 7) is 4.81. The predicted octanol–water partition coefficient (Wildman–Crippen LogP) is 1.56. The molecule has 0 aliphatic heterocycles. The minimum atomic E-state index is 0.581. The molecule has 0 saturated heterocycles. The molecule has 2 rings (SSSR count). The van der Waals surface area contributed by atoms with Gasteiger partial charge in [0.25, 0.3) is 0 Å². The van der Waals surface area contributed by atoms with Crippen molar-refractivity contribution in [1.82, 2.24) is 10.3 Å². The van der Waals surface area contributed by atoms with Gasteiger partial charge in [-0.15, -0.1) is 11.3 Å². The molecule has 0 bridgehead atoms. The van der Waals surface area contributed by atoms with Gasteiger partial charge in [0.05, 0.1) is 5.51 Å². The van der Waals surface area contributed by atoms with Gasteiger partial charge in [-0.1, -0.05) is 12.2 Å². The number of nitrogens with one attached hydrogen (secondary N) is 1. The maximum atomic E-state index is 4.00. The van der Waals surface area contributed by atoms with Crippen LogP contribution in [0.1, 0.15) is 11.3 Å². The van der Waals surface area contributed by atoms with Gasteiger partial charge in [0.15, 0.2) is 0 Å². The quantitative estimate of drug-likeness (QED) is 0.689. The van der Waals surface area contributed by atoms with Crippen LogP contribution < -0.4 is 5.32 Å². The monoisotopic (exact) mass is 166 g/mol. The lowest BCUT2D eigenvalue weighted by Crippen LogP contribution is -2.14. The summed E-state index contributed by atoms with van der Waals surface area (Å²) in [7, 11) is 0. The molecule has 1 aliphatic rings. The Morgan fingerprint density at radius 1 is 1.82 bits per heavy atom. The summed E-state index contributed by atoms with van der Waals surface area (Å²) in [5.41, 5.74) is 3.19. The third-order valence-electron chi connectivity index (χ3n) is 1.81. The Labute approximate surface area is 70.0 Å². The zero-order valence-electron chi connectivity index (χ0n) is 6.21. The molecule has 1 unspecified atom stereocenters. The lowest BCUT2D eigenvalue weighted by molar-refractivity contribution is 0.709. The summed E-state index contributed by atoms with van der Waals surface area (Å²) in [6, 6.07) is 0.581. The van der Waals surface area contributed by atoms with Crippen LogP contribution in [0.25, 0.3) is 0 Å². The summed E-state index contributed by atoms with van der Waals surface area (Å²) < 4.78 is 0. The summed E-state index contributed by atoms with van der Waals surface area (Å²) in [5.74, 6) is 0. The molecule has 0 amide bonds. The van der Waals surface area contributed by atoms with Gasteiger partial charge in [0, 0.05) is 23.7 Å². The number of thiazole rings is 1. The number of nitrogens with zero attached hydrogens (tertiary/aromatic N) is 1. The van der Waals surface area contributed by atoms with Crippen LogP contribution in [0.4, 0.5) is 0 Å². The Morgan fingerprint density at radius 2 is 2.64 bits per heavy atom. The SMILES string of the molecule is C=C1CC1NCc1cncs1. The largest absolute Gasteiger partial charge is 0.305 e. The van der Waals surface area contributed by atoms with E-state index >= 15 is 0 Å². The molecule has 1 atom stereocenters. The number of hydrogen-bond donors (Lipinski definition) is 1. The number of rotatable bonds is 3. The molecule has 0 aromatic carbocycles. The highest BCUT2D eigenvalue weighted by Gasteiger charge is 2.26. The topological polar surface area (TPSA) is 24.9 Å². The van der Waals surface area contributed by atoms with E-state index in [1.807, 2.05) is 11.7 Å². The van der Waals surface area contributed by atoms with Gasteiger partial charge in [-0.3, -0.25) is 4.98 Å². The fraction of sp³-hybridized carbons (Fsp3) is 0.375. The molecule has 1 N–H and O–H groups in total. The second-order valence-corrected chi connectivity index (χ2v) is 3.73. The molecule has 1 aromatic rings. The summed E-state index contributed by atoms with van der Waals surface area (Å²) >= 11 is 1.69.